The van der Waals surface area contributed by atoms with Gasteiger partial charge in [-0.3, -0.25) is 9.59 Å². The number of ketones is 1. The van der Waals surface area contributed by atoms with E-state index in [4.69, 9.17) is 14.2 Å². The fourth-order valence-corrected chi connectivity index (χ4v) is 2.90. The topological polar surface area (TPSA) is 90.9 Å². The van der Waals surface area contributed by atoms with Gasteiger partial charge in [-0.15, -0.1) is 0 Å². The van der Waals surface area contributed by atoms with Crippen molar-refractivity contribution in [1.82, 2.24) is 0 Å². The van der Waals surface area contributed by atoms with Crippen molar-refractivity contribution in [2.75, 3.05) is 25.1 Å². The van der Waals surface area contributed by atoms with Gasteiger partial charge in [-0.2, -0.15) is 0 Å². The average molecular weight is 397 g/mol. The third-order valence-corrected chi connectivity index (χ3v) is 4.51. The molecule has 1 amide bonds. The van der Waals surface area contributed by atoms with Gasteiger partial charge in [0.1, 0.15) is 0 Å². The van der Waals surface area contributed by atoms with E-state index in [2.05, 4.69) is 5.32 Å². The number of carbonyl (C=O) groups excluding carboxylic acids is 3. The molecule has 0 bridgehead atoms. The number of nitrogens with one attached hydrogen (secondary N) is 1. The predicted octanol–water partition coefficient (Wildman–Crippen LogP) is 3.34. The van der Waals surface area contributed by atoms with E-state index in [0.717, 1.165) is 12.0 Å². The summed E-state index contributed by atoms with van der Waals surface area (Å²) in [7, 11) is 0. The van der Waals surface area contributed by atoms with E-state index < -0.39 is 12.6 Å². The Bertz CT molecular complexity index is 923. The Morgan fingerprint density at radius 3 is 2.48 bits per heavy atom. The van der Waals surface area contributed by atoms with Crippen molar-refractivity contribution in [3.8, 4) is 11.5 Å². The summed E-state index contributed by atoms with van der Waals surface area (Å²) in [5, 5.41) is 2.75. The van der Waals surface area contributed by atoms with Crippen LogP contribution in [-0.4, -0.2) is 37.5 Å². The zero-order chi connectivity index (χ0) is 20.8. The van der Waals surface area contributed by atoms with Gasteiger partial charge in [-0.1, -0.05) is 19.1 Å². The average Bonchev–Trinajstić information content (AvgIpc) is 3.02. The SMILES string of the molecule is CCCOc1ccccc1OCC(=O)OCC(=O)c1ccc2c(c1)[C@@H](C)C(=O)N2. The monoisotopic (exact) mass is 397 g/mol. The summed E-state index contributed by atoms with van der Waals surface area (Å²) < 4.78 is 16.1. The number of fused-ring (bicyclic) bond motifs is 1. The summed E-state index contributed by atoms with van der Waals surface area (Å²) in [5.74, 6) is -0.433. The molecule has 0 aromatic heterocycles. The van der Waals surface area contributed by atoms with Gasteiger partial charge in [0.15, 0.2) is 30.5 Å². The summed E-state index contributed by atoms with van der Waals surface area (Å²) >= 11 is 0. The summed E-state index contributed by atoms with van der Waals surface area (Å²) in [4.78, 5) is 36.0. The highest BCUT2D eigenvalue weighted by atomic mass is 16.6. The van der Waals surface area contributed by atoms with Gasteiger partial charge in [0.05, 0.1) is 12.5 Å². The van der Waals surface area contributed by atoms with Crippen LogP contribution in [0.2, 0.25) is 0 Å². The number of benzene rings is 2. The number of amides is 1. The van der Waals surface area contributed by atoms with Gasteiger partial charge in [0.2, 0.25) is 5.91 Å². The molecule has 3 rings (SSSR count). The van der Waals surface area contributed by atoms with Crippen LogP contribution in [-0.2, 0) is 14.3 Å². The number of para-hydroxylation sites is 2. The molecule has 0 spiro atoms. The summed E-state index contributed by atoms with van der Waals surface area (Å²) in [6.45, 7) is 3.58. The Hall–Kier alpha value is -3.35. The van der Waals surface area contributed by atoms with Crippen molar-refractivity contribution in [2.24, 2.45) is 0 Å². The predicted molar refractivity (Wildman–Crippen MR) is 106 cm³/mol. The summed E-state index contributed by atoms with van der Waals surface area (Å²) in [6, 6.07) is 12.0. The summed E-state index contributed by atoms with van der Waals surface area (Å²) in [5.41, 5.74) is 1.85. The fraction of sp³-hybridized carbons (Fsp3) is 0.318. The quantitative estimate of drug-likeness (QED) is 0.516. The molecule has 2 aromatic rings. The molecular weight excluding hydrogens is 374 g/mol. The lowest BCUT2D eigenvalue weighted by molar-refractivity contribution is -0.144. The first-order chi connectivity index (χ1) is 14.0. The second-order valence-corrected chi connectivity index (χ2v) is 6.68. The van der Waals surface area contributed by atoms with Crippen LogP contribution in [0.3, 0.4) is 0 Å². The minimum atomic E-state index is -0.657. The van der Waals surface area contributed by atoms with E-state index in [1.807, 2.05) is 13.0 Å². The zero-order valence-electron chi connectivity index (χ0n) is 16.4. The molecule has 1 atom stereocenters. The minimum Gasteiger partial charge on any atom is -0.490 e. The number of hydrogen-bond donors (Lipinski definition) is 1. The molecule has 7 heteroatoms. The largest absolute Gasteiger partial charge is 0.490 e. The second-order valence-electron chi connectivity index (χ2n) is 6.68. The van der Waals surface area contributed by atoms with Crippen molar-refractivity contribution in [3.05, 3.63) is 53.6 Å². The molecular formula is C22H23NO6. The molecule has 152 valence electrons. The Morgan fingerprint density at radius 1 is 1.03 bits per heavy atom. The first-order valence-corrected chi connectivity index (χ1v) is 9.48. The third kappa shape index (κ3) is 4.93. The van der Waals surface area contributed by atoms with E-state index in [-0.39, 0.29) is 24.2 Å². The number of rotatable bonds is 9. The molecule has 2 aromatic carbocycles. The smallest absolute Gasteiger partial charge is 0.344 e. The van der Waals surface area contributed by atoms with Crippen LogP contribution in [0.1, 0.15) is 42.1 Å². The van der Waals surface area contributed by atoms with Crippen LogP contribution >= 0.6 is 0 Å². The van der Waals surface area contributed by atoms with Gasteiger partial charge >= 0.3 is 5.97 Å². The van der Waals surface area contributed by atoms with E-state index in [0.29, 0.717) is 29.4 Å². The molecule has 7 nitrogen and oxygen atoms in total. The van der Waals surface area contributed by atoms with Crippen LogP contribution in [0.4, 0.5) is 5.69 Å². The lowest BCUT2D eigenvalue weighted by Gasteiger charge is -2.12. The second kappa shape index (κ2) is 9.23. The maximum absolute atomic E-state index is 12.3. The molecule has 1 heterocycles. The molecule has 0 unspecified atom stereocenters. The number of esters is 1. The van der Waals surface area contributed by atoms with Gasteiger partial charge in [0, 0.05) is 11.3 Å². The molecule has 1 N–H and O–H groups in total. The Labute approximate surface area is 169 Å². The van der Waals surface area contributed by atoms with Crippen molar-refractivity contribution in [3.63, 3.8) is 0 Å². The summed E-state index contributed by atoms with van der Waals surface area (Å²) in [6.07, 6.45) is 0.851. The van der Waals surface area contributed by atoms with E-state index in [1.54, 1.807) is 43.3 Å². The Morgan fingerprint density at radius 2 is 1.76 bits per heavy atom. The molecule has 0 radical (unpaired) electrons. The van der Waals surface area contributed by atoms with Crippen LogP contribution in [0.5, 0.6) is 11.5 Å². The lowest BCUT2D eigenvalue weighted by Crippen LogP contribution is -2.19. The van der Waals surface area contributed by atoms with Crippen LogP contribution in [0.25, 0.3) is 0 Å². The third-order valence-electron chi connectivity index (χ3n) is 4.51. The van der Waals surface area contributed by atoms with E-state index in [9.17, 15) is 14.4 Å². The minimum absolute atomic E-state index is 0.101. The highest BCUT2D eigenvalue weighted by molar-refractivity contribution is 6.05. The number of anilines is 1. The number of Topliss-reactive ketones (excluding diaryl/α,β-unsaturated/α-hetero) is 1. The van der Waals surface area contributed by atoms with Crippen molar-refractivity contribution < 1.29 is 28.6 Å². The molecule has 29 heavy (non-hydrogen) atoms. The maximum atomic E-state index is 12.3. The lowest BCUT2D eigenvalue weighted by atomic mass is 9.99. The maximum Gasteiger partial charge on any atom is 0.344 e. The van der Waals surface area contributed by atoms with Crippen LogP contribution in [0, 0.1) is 0 Å². The van der Waals surface area contributed by atoms with E-state index in [1.165, 1.54) is 0 Å². The molecule has 1 aliphatic rings. The van der Waals surface area contributed by atoms with Crippen molar-refractivity contribution >= 4 is 23.3 Å². The number of carbonyl (C=O) groups is 3. The van der Waals surface area contributed by atoms with Crippen molar-refractivity contribution in [2.45, 2.75) is 26.2 Å². The van der Waals surface area contributed by atoms with Gasteiger partial charge in [-0.25, -0.2) is 4.79 Å². The highest BCUT2D eigenvalue weighted by Crippen LogP contribution is 2.32. The highest BCUT2D eigenvalue weighted by Gasteiger charge is 2.27. The first kappa shape index (κ1) is 20.4. The fourth-order valence-electron chi connectivity index (χ4n) is 2.90. The van der Waals surface area contributed by atoms with Gasteiger partial charge in [0.25, 0.3) is 0 Å². The zero-order valence-corrected chi connectivity index (χ0v) is 16.4. The van der Waals surface area contributed by atoms with Gasteiger partial charge in [-0.05, 0) is 49.2 Å². The molecule has 1 aliphatic heterocycles. The molecule has 0 saturated heterocycles. The Balaban J connectivity index is 1.51. The standard InChI is InChI=1S/C22H23NO6/c1-3-10-27-19-6-4-5-7-20(19)28-13-21(25)29-12-18(24)15-8-9-17-16(11-15)14(2)22(26)23-17/h4-9,11,14H,3,10,12-13H2,1-2H3,(H,23,26)/t14-/m1/s1. The van der Waals surface area contributed by atoms with Gasteiger partial charge < -0.3 is 19.5 Å². The number of ether oxygens (including phenoxy) is 3. The van der Waals surface area contributed by atoms with Crippen molar-refractivity contribution in [1.29, 1.82) is 0 Å². The molecule has 0 aliphatic carbocycles. The normalized spacial score (nSPS) is 14.7. The molecule has 0 fully saturated rings. The molecule has 0 saturated carbocycles. The van der Waals surface area contributed by atoms with Crippen LogP contribution < -0.4 is 14.8 Å². The first-order valence-electron chi connectivity index (χ1n) is 9.48. The Kier molecular flexibility index (Phi) is 6.49. The number of hydrogen-bond acceptors (Lipinski definition) is 6. The van der Waals surface area contributed by atoms with Crippen LogP contribution in [0.15, 0.2) is 42.5 Å². The van der Waals surface area contributed by atoms with E-state index >= 15 is 0 Å².